The van der Waals surface area contributed by atoms with Crippen molar-refractivity contribution in [3.63, 3.8) is 0 Å². The summed E-state index contributed by atoms with van der Waals surface area (Å²) in [5.41, 5.74) is 8.65. The number of amidine groups is 1. The average Bonchev–Trinajstić information content (AvgIpc) is 2.96. The minimum atomic E-state index is -0.188. The smallest absolute Gasteiger partial charge is 0.264 e. The van der Waals surface area contributed by atoms with Crippen LogP contribution in [0.1, 0.15) is 5.56 Å². The van der Waals surface area contributed by atoms with Gasteiger partial charge in [0.2, 0.25) is 0 Å². The first-order chi connectivity index (χ1) is 12.6. The number of aliphatic imine (C=N–C) groups is 1. The third-order valence-electron chi connectivity index (χ3n) is 3.77. The minimum Gasteiger partial charge on any atom is -0.399 e. The Bertz CT molecular complexity index is 1090. The summed E-state index contributed by atoms with van der Waals surface area (Å²) >= 11 is 7.41. The first kappa shape index (κ1) is 16.6. The second-order valence-electron chi connectivity index (χ2n) is 5.65. The molecule has 1 fully saturated rings. The predicted octanol–water partition coefficient (Wildman–Crippen LogP) is 4.36. The van der Waals surface area contributed by atoms with E-state index in [1.54, 1.807) is 24.4 Å². The van der Waals surface area contributed by atoms with E-state index in [1.165, 1.54) is 11.8 Å². The Morgan fingerprint density at radius 1 is 1.19 bits per heavy atom. The van der Waals surface area contributed by atoms with Crippen LogP contribution in [0.3, 0.4) is 0 Å². The molecule has 26 heavy (non-hydrogen) atoms. The summed E-state index contributed by atoms with van der Waals surface area (Å²) in [6.07, 6.45) is 3.59. The molecule has 0 aliphatic carbocycles. The highest BCUT2D eigenvalue weighted by Crippen LogP contribution is 2.32. The van der Waals surface area contributed by atoms with Crippen molar-refractivity contribution in [3.05, 3.63) is 70.2 Å². The number of amides is 1. The lowest BCUT2D eigenvalue weighted by molar-refractivity contribution is -0.115. The lowest BCUT2D eigenvalue weighted by Crippen LogP contribution is -2.19. The van der Waals surface area contributed by atoms with E-state index in [1.807, 2.05) is 36.4 Å². The van der Waals surface area contributed by atoms with Gasteiger partial charge in [-0.2, -0.15) is 0 Å². The number of fused-ring (bicyclic) bond motifs is 1. The molecule has 0 unspecified atom stereocenters. The maximum atomic E-state index is 12.2. The molecular weight excluding hydrogens is 368 g/mol. The molecule has 4 rings (SSSR count). The topological polar surface area (TPSA) is 80.4 Å². The van der Waals surface area contributed by atoms with E-state index in [9.17, 15) is 4.79 Å². The van der Waals surface area contributed by atoms with Crippen molar-refractivity contribution >= 4 is 62.8 Å². The molecule has 3 aromatic rings. The van der Waals surface area contributed by atoms with Crippen molar-refractivity contribution < 1.29 is 4.79 Å². The van der Waals surface area contributed by atoms with Gasteiger partial charge < -0.3 is 11.1 Å². The number of thioether (sulfide) groups is 1. The fourth-order valence-electron chi connectivity index (χ4n) is 2.54. The van der Waals surface area contributed by atoms with Gasteiger partial charge in [-0.25, -0.2) is 4.99 Å². The number of halogens is 1. The highest BCUT2D eigenvalue weighted by molar-refractivity contribution is 8.18. The SMILES string of the molecule is Nc1ccc(N=C2NC(=O)/C(=C/c3ccc4ncccc4c3)S2)c(Cl)c1. The summed E-state index contributed by atoms with van der Waals surface area (Å²) in [6.45, 7) is 0. The summed E-state index contributed by atoms with van der Waals surface area (Å²) in [4.78, 5) is 21.5. The summed E-state index contributed by atoms with van der Waals surface area (Å²) in [5.74, 6) is -0.188. The molecule has 0 atom stereocenters. The van der Waals surface area contributed by atoms with Gasteiger partial charge in [-0.05, 0) is 59.8 Å². The monoisotopic (exact) mass is 380 g/mol. The Labute approximate surface area is 159 Å². The van der Waals surface area contributed by atoms with E-state index >= 15 is 0 Å². The van der Waals surface area contributed by atoms with Gasteiger partial charge in [-0.3, -0.25) is 9.78 Å². The van der Waals surface area contributed by atoms with Crippen molar-refractivity contribution in [2.24, 2.45) is 4.99 Å². The van der Waals surface area contributed by atoms with Crippen LogP contribution in [0.4, 0.5) is 11.4 Å². The molecule has 2 heterocycles. The maximum absolute atomic E-state index is 12.2. The van der Waals surface area contributed by atoms with Crippen LogP contribution in [0.25, 0.3) is 17.0 Å². The van der Waals surface area contributed by atoms with Gasteiger partial charge in [0.1, 0.15) is 0 Å². The summed E-state index contributed by atoms with van der Waals surface area (Å²) in [5, 5.41) is 4.69. The first-order valence-corrected chi connectivity index (χ1v) is 8.97. The van der Waals surface area contributed by atoms with Crippen LogP contribution in [0.2, 0.25) is 5.02 Å². The standard InChI is InChI=1S/C19H13ClN4OS/c20-14-10-13(21)4-6-16(14)23-19-24-18(25)17(26-19)9-11-3-5-15-12(8-11)2-1-7-22-15/h1-10H,21H2,(H,23,24,25)/b17-9-. The molecule has 1 aromatic heterocycles. The zero-order valence-corrected chi connectivity index (χ0v) is 15.0. The molecule has 5 nitrogen and oxygen atoms in total. The third kappa shape index (κ3) is 3.42. The Morgan fingerprint density at radius 3 is 2.92 bits per heavy atom. The lowest BCUT2D eigenvalue weighted by atomic mass is 10.1. The number of hydrogen-bond acceptors (Lipinski definition) is 5. The molecule has 0 radical (unpaired) electrons. The number of carbonyl (C=O) groups excluding carboxylic acids is 1. The molecule has 0 spiro atoms. The van der Waals surface area contributed by atoms with Crippen molar-refractivity contribution in [1.29, 1.82) is 0 Å². The van der Waals surface area contributed by atoms with Gasteiger partial charge in [0, 0.05) is 17.3 Å². The maximum Gasteiger partial charge on any atom is 0.264 e. The van der Waals surface area contributed by atoms with Crippen molar-refractivity contribution in [2.75, 3.05) is 5.73 Å². The highest BCUT2D eigenvalue weighted by Gasteiger charge is 2.24. The van der Waals surface area contributed by atoms with Gasteiger partial charge in [-0.15, -0.1) is 0 Å². The van der Waals surface area contributed by atoms with Crippen LogP contribution in [0, 0.1) is 0 Å². The minimum absolute atomic E-state index is 0.188. The van der Waals surface area contributed by atoms with Crippen LogP contribution in [0.15, 0.2) is 64.6 Å². The Morgan fingerprint density at radius 2 is 2.08 bits per heavy atom. The quantitative estimate of drug-likeness (QED) is 0.511. The number of benzene rings is 2. The van der Waals surface area contributed by atoms with Gasteiger partial charge in [0.25, 0.3) is 5.91 Å². The molecule has 128 valence electrons. The van der Waals surface area contributed by atoms with Crippen molar-refractivity contribution in [3.8, 4) is 0 Å². The third-order valence-corrected chi connectivity index (χ3v) is 4.98. The second-order valence-corrected chi connectivity index (χ2v) is 7.09. The predicted molar refractivity (Wildman–Crippen MR) is 108 cm³/mol. The molecule has 0 bridgehead atoms. The van der Waals surface area contributed by atoms with Crippen LogP contribution in [-0.4, -0.2) is 16.1 Å². The zero-order valence-electron chi connectivity index (χ0n) is 13.4. The fourth-order valence-corrected chi connectivity index (χ4v) is 3.60. The Kier molecular flexibility index (Phi) is 4.36. The van der Waals surface area contributed by atoms with Gasteiger partial charge in [0.05, 0.1) is 21.1 Å². The highest BCUT2D eigenvalue weighted by atomic mass is 35.5. The number of carbonyl (C=O) groups is 1. The van der Waals surface area contributed by atoms with E-state index in [2.05, 4.69) is 15.3 Å². The van der Waals surface area contributed by atoms with Crippen molar-refractivity contribution in [1.82, 2.24) is 10.3 Å². The largest absolute Gasteiger partial charge is 0.399 e. The summed E-state index contributed by atoms with van der Waals surface area (Å²) in [6, 6.07) is 14.8. The first-order valence-electron chi connectivity index (χ1n) is 7.78. The summed E-state index contributed by atoms with van der Waals surface area (Å²) in [7, 11) is 0. The Balaban J connectivity index is 1.62. The molecule has 1 aliphatic heterocycles. The number of nitrogen functional groups attached to an aromatic ring is 1. The molecule has 1 aliphatic rings. The molecule has 1 saturated heterocycles. The van der Waals surface area contributed by atoms with Crippen LogP contribution in [0.5, 0.6) is 0 Å². The van der Waals surface area contributed by atoms with E-state index in [-0.39, 0.29) is 5.91 Å². The van der Waals surface area contributed by atoms with Crippen LogP contribution in [-0.2, 0) is 4.79 Å². The van der Waals surface area contributed by atoms with Crippen LogP contribution >= 0.6 is 23.4 Å². The van der Waals surface area contributed by atoms with E-state index in [0.29, 0.717) is 26.5 Å². The molecule has 0 saturated carbocycles. The molecule has 7 heteroatoms. The lowest BCUT2D eigenvalue weighted by Gasteiger charge is -2.00. The molecule has 2 aromatic carbocycles. The molecular formula is C19H13ClN4OS. The number of aromatic nitrogens is 1. The number of hydrogen-bond donors (Lipinski definition) is 2. The number of rotatable bonds is 2. The van der Waals surface area contributed by atoms with Gasteiger partial charge in [-0.1, -0.05) is 23.7 Å². The van der Waals surface area contributed by atoms with E-state index < -0.39 is 0 Å². The van der Waals surface area contributed by atoms with E-state index in [4.69, 9.17) is 17.3 Å². The normalized spacial score (nSPS) is 17.2. The number of nitrogens with zero attached hydrogens (tertiary/aromatic N) is 2. The Hall–Kier alpha value is -2.83. The van der Waals surface area contributed by atoms with E-state index in [0.717, 1.165) is 16.5 Å². The fraction of sp³-hybridized carbons (Fsp3) is 0. The molecule has 1 amide bonds. The second kappa shape index (κ2) is 6.82. The summed E-state index contributed by atoms with van der Waals surface area (Å²) < 4.78 is 0. The van der Waals surface area contributed by atoms with Gasteiger partial charge >= 0.3 is 0 Å². The number of nitrogens with two attached hydrogens (primary N) is 1. The average molecular weight is 381 g/mol. The molecule has 3 N–H and O–H groups in total. The number of anilines is 1. The number of pyridine rings is 1. The van der Waals surface area contributed by atoms with Crippen LogP contribution < -0.4 is 11.1 Å². The van der Waals surface area contributed by atoms with Gasteiger partial charge in [0.15, 0.2) is 5.17 Å². The zero-order chi connectivity index (χ0) is 18.1. The van der Waals surface area contributed by atoms with Crippen molar-refractivity contribution in [2.45, 2.75) is 0 Å². The number of nitrogens with one attached hydrogen (secondary N) is 1.